The van der Waals surface area contributed by atoms with Crippen LogP contribution in [0.4, 0.5) is 0 Å². The van der Waals surface area contributed by atoms with Crippen LogP contribution >= 0.6 is 0 Å². The molecule has 0 saturated heterocycles. The Bertz CT molecular complexity index is 505. The van der Waals surface area contributed by atoms with Crippen LogP contribution in [-0.2, 0) is 14.3 Å². The third kappa shape index (κ3) is 7.75. The van der Waals surface area contributed by atoms with E-state index < -0.39 is 49.1 Å². The minimum absolute atomic E-state index is 0.00518. The normalized spacial score (nSPS) is 16.8. The van der Waals surface area contributed by atoms with Crippen LogP contribution in [0, 0.1) is 0 Å². The van der Waals surface area contributed by atoms with Crippen LogP contribution in [0.2, 0.25) is 0 Å². The zero-order valence-corrected chi connectivity index (χ0v) is 19.3. The van der Waals surface area contributed by atoms with E-state index in [9.17, 15) is 30.0 Å². The number of carboxylic acid groups (broad SMARTS) is 1. The summed E-state index contributed by atoms with van der Waals surface area (Å²) < 4.78 is 5.27. The van der Waals surface area contributed by atoms with Crippen LogP contribution < -0.4 is 0 Å². The Hall–Kier alpha value is -1.30. The van der Waals surface area contributed by atoms with Gasteiger partial charge in [-0.05, 0) is 55.4 Å². The first-order chi connectivity index (χ1) is 13.6. The number of esters is 1. The van der Waals surface area contributed by atoms with Gasteiger partial charge in [0.05, 0.1) is 0 Å². The molecule has 4 atom stereocenters. The van der Waals surface area contributed by atoms with Gasteiger partial charge in [0.25, 0.3) is 0 Å². The highest BCUT2D eigenvalue weighted by Gasteiger charge is 2.40. The highest BCUT2D eigenvalue weighted by atomic mass is 16.5. The summed E-state index contributed by atoms with van der Waals surface area (Å²) in [4.78, 5) is 27.8. The third-order valence-corrected chi connectivity index (χ3v) is 4.88. The van der Waals surface area contributed by atoms with Crippen molar-refractivity contribution in [3.63, 3.8) is 0 Å². The predicted molar refractivity (Wildman–Crippen MR) is 111 cm³/mol. The molecule has 0 radical (unpaired) electrons. The zero-order chi connectivity index (χ0) is 23.9. The lowest BCUT2D eigenvalue weighted by atomic mass is 10.0. The number of ether oxygens (including phenoxy) is 1. The molecule has 10 heteroatoms. The van der Waals surface area contributed by atoms with Gasteiger partial charge in [0.1, 0.15) is 24.9 Å². The summed E-state index contributed by atoms with van der Waals surface area (Å²) in [6.45, 7) is 15.0. The Kier molecular flexibility index (Phi) is 12.0. The SMILES string of the molecule is CC(C)N(C(C)C)C(C(=O)OC[C@H](O)[C@@H](O)[C@H](O)[C@H](O)C(=O)O)N(C(C)C)C(C)C. The number of rotatable bonds is 13. The fourth-order valence-electron chi connectivity index (χ4n) is 3.62. The van der Waals surface area contributed by atoms with Crippen LogP contribution in [0.1, 0.15) is 55.4 Å². The second-order valence-electron chi connectivity index (χ2n) is 8.60. The van der Waals surface area contributed by atoms with Gasteiger partial charge in [0, 0.05) is 24.2 Å². The number of aliphatic hydroxyl groups is 4. The molecule has 0 aliphatic rings. The fraction of sp³-hybridized carbons (Fsp3) is 0.900. The minimum Gasteiger partial charge on any atom is -0.479 e. The molecule has 0 aliphatic carbocycles. The van der Waals surface area contributed by atoms with Gasteiger partial charge >= 0.3 is 11.9 Å². The van der Waals surface area contributed by atoms with Crippen molar-refractivity contribution in [2.24, 2.45) is 0 Å². The highest BCUT2D eigenvalue weighted by molar-refractivity contribution is 5.75. The smallest absolute Gasteiger partial charge is 0.338 e. The van der Waals surface area contributed by atoms with Crippen LogP contribution in [0.15, 0.2) is 0 Å². The summed E-state index contributed by atoms with van der Waals surface area (Å²) in [6, 6.07) is 0.0207. The Morgan fingerprint density at radius 3 is 1.40 bits per heavy atom. The van der Waals surface area contributed by atoms with E-state index in [0.717, 1.165) is 0 Å². The molecule has 30 heavy (non-hydrogen) atoms. The summed E-state index contributed by atoms with van der Waals surface area (Å²) in [5, 5.41) is 47.6. The molecule has 0 aromatic rings. The van der Waals surface area contributed by atoms with Crippen LogP contribution in [0.25, 0.3) is 0 Å². The number of carboxylic acids is 1. The lowest BCUT2D eigenvalue weighted by Gasteiger charge is -2.46. The molecule has 178 valence electrons. The van der Waals surface area contributed by atoms with E-state index in [4.69, 9.17) is 9.84 Å². The molecule has 0 unspecified atom stereocenters. The van der Waals surface area contributed by atoms with Crippen molar-refractivity contribution in [2.75, 3.05) is 6.61 Å². The maximum Gasteiger partial charge on any atom is 0.338 e. The van der Waals surface area contributed by atoms with E-state index in [1.54, 1.807) is 0 Å². The number of carbonyl (C=O) groups excluding carboxylic acids is 1. The van der Waals surface area contributed by atoms with Gasteiger partial charge in [-0.1, -0.05) is 0 Å². The molecule has 0 saturated carbocycles. The molecular weight excluding hydrogens is 396 g/mol. The summed E-state index contributed by atoms with van der Waals surface area (Å²) in [5.41, 5.74) is 0. The molecule has 0 aliphatic heterocycles. The van der Waals surface area contributed by atoms with E-state index in [1.165, 1.54) is 0 Å². The van der Waals surface area contributed by atoms with Gasteiger partial charge in [-0.25, -0.2) is 9.59 Å². The number of hydrogen-bond acceptors (Lipinski definition) is 9. The van der Waals surface area contributed by atoms with E-state index in [1.807, 2.05) is 65.2 Å². The largest absolute Gasteiger partial charge is 0.479 e. The second-order valence-corrected chi connectivity index (χ2v) is 8.60. The molecule has 5 N–H and O–H groups in total. The summed E-state index contributed by atoms with van der Waals surface area (Å²) >= 11 is 0. The Labute approximate surface area is 179 Å². The Morgan fingerprint density at radius 2 is 1.10 bits per heavy atom. The van der Waals surface area contributed by atoms with Crippen LogP contribution in [0.3, 0.4) is 0 Å². The van der Waals surface area contributed by atoms with E-state index in [-0.39, 0.29) is 24.2 Å². The van der Waals surface area contributed by atoms with Crippen molar-refractivity contribution in [3.05, 3.63) is 0 Å². The van der Waals surface area contributed by atoms with Crippen molar-refractivity contribution in [1.82, 2.24) is 9.80 Å². The van der Waals surface area contributed by atoms with Gasteiger partial charge in [-0.3, -0.25) is 9.80 Å². The first kappa shape index (κ1) is 28.7. The first-order valence-electron chi connectivity index (χ1n) is 10.3. The van der Waals surface area contributed by atoms with Crippen LogP contribution in [-0.4, -0.2) is 109 Å². The molecule has 0 amide bonds. The van der Waals surface area contributed by atoms with Gasteiger partial charge in [-0.2, -0.15) is 0 Å². The molecule has 0 aromatic heterocycles. The minimum atomic E-state index is -2.28. The number of hydrogen-bond donors (Lipinski definition) is 5. The zero-order valence-electron chi connectivity index (χ0n) is 19.3. The summed E-state index contributed by atoms with van der Waals surface area (Å²) in [7, 11) is 0. The molecule has 0 aromatic carbocycles. The Morgan fingerprint density at radius 1 is 0.733 bits per heavy atom. The molecule has 0 spiro atoms. The maximum absolute atomic E-state index is 13.1. The van der Waals surface area contributed by atoms with E-state index in [2.05, 4.69) is 0 Å². The molecular formula is C20H40N2O8. The molecule has 0 bridgehead atoms. The predicted octanol–water partition coefficient (Wildman–Crippen LogP) is -0.378. The molecule has 0 heterocycles. The highest BCUT2D eigenvalue weighted by Crippen LogP contribution is 2.21. The van der Waals surface area contributed by atoms with Crippen molar-refractivity contribution in [1.29, 1.82) is 0 Å². The monoisotopic (exact) mass is 436 g/mol. The summed E-state index contributed by atoms with van der Waals surface area (Å²) in [5.74, 6) is -2.39. The maximum atomic E-state index is 13.1. The third-order valence-electron chi connectivity index (χ3n) is 4.88. The van der Waals surface area contributed by atoms with Crippen molar-refractivity contribution in [3.8, 4) is 0 Å². The number of aliphatic hydroxyl groups excluding tert-OH is 4. The number of carbonyl (C=O) groups is 2. The number of aliphatic carboxylic acids is 1. The fourth-order valence-corrected chi connectivity index (χ4v) is 3.62. The second kappa shape index (κ2) is 12.5. The van der Waals surface area contributed by atoms with Crippen molar-refractivity contribution < 1.29 is 39.9 Å². The first-order valence-corrected chi connectivity index (χ1v) is 10.3. The Balaban J connectivity index is 5.55. The standard InChI is InChI=1S/C20H40N2O8/c1-10(2)21(11(3)4)18(22(12(5)6)13(7)8)20(29)30-9-14(23)15(24)16(25)17(26)19(27)28/h10-18,23-26H,9H2,1-8H3,(H,27,28)/t14-,15+,16-,17-/m0/s1. The van der Waals surface area contributed by atoms with Gasteiger partial charge < -0.3 is 30.3 Å². The van der Waals surface area contributed by atoms with Crippen molar-refractivity contribution >= 4 is 11.9 Å². The topological polar surface area (TPSA) is 151 Å². The summed E-state index contributed by atoms with van der Waals surface area (Å²) in [6.07, 6.45) is -8.98. The average Bonchev–Trinajstić information content (AvgIpc) is 2.61. The number of nitrogens with zero attached hydrogens (tertiary/aromatic N) is 2. The van der Waals surface area contributed by atoms with E-state index in [0.29, 0.717) is 0 Å². The lowest BCUT2D eigenvalue weighted by molar-refractivity contribution is -0.177. The quantitative estimate of drug-likeness (QED) is 0.191. The van der Waals surface area contributed by atoms with Crippen LogP contribution in [0.5, 0.6) is 0 Å². The van der Waals surface area contributed by atoms with Gasteiger partial charge in [-0.15, -0.1) is 0 Å². The lowest BCUT2D eigenvalue weighted by Crippen LogP contribution is -2.62. The molecule has 0 rings (SSSR count). The van der Waals surface area contributed by atoms with Gasteiger partial charge in [0.15, 0.2) is 12.3 Å². The van der Waals surface area contributed by atoms with Crippen molar-refractivity contribution in [2.45, 2.75) is 110 Å². The van der Waals surface area contributed by atoms with Gasteiger partial charge in [0.2, 0.25) is 0 Å². The molecule has 10 nitrogen and oxygen atoms in total. The van der Waals surface area contributed by atoms with E-state index >= 15 is 0 Å². The average molecular weight is 437 g/mol. The molecule has 0 fully saturated rings.